The van der Waals surface area contributed by atoms with Gasteiger partial charge in [0.05, 0.1) is 17.7 Å². The van der Waals surface area contributed by atoms with Gasteiger partial charge in [-0.1, -0.05) is 19.3 Å². The minimum atomic E-state index is -1.58. The summed E-state index contributed by atoms with van der Waals surface area (Å²) in [6, 6.07) is 1.15. The van der Waals surface area contributed by atoms with E-state index < -0.39 is 17.9 Å². The second kappa shape index (κ2) is 7.12. The maximum Gasteiger partial charge on any atom is 0.167 e. The summed E-state index contributed by atoms with van der Waals surface area (Å²) in [4.78, 5) is 0.584. The van der Waals surface area contributed by atoms with Crippen LogP contribution in [0.4, 0.5) is 0 Å². The number of hydrogen-bond acceptors (Lipinski definition) is 6. The van der Waals surface area contributed by atoms with Crippen LogP contribution in [-0.2, 0) is 0 Å². The lowest BCUT2D eigenvalue weighted by molar-refractivity contribution is -0.0527. The van der Waals surface area contributed by atoms with Gasteiger partial charge >= 0.3 is 0 Å². The largest absolute Gasteiger partial charge is 0.385 e. The molecule has 0 aromatic carbocycles. The molecule has 1 atom stereocenters. The third-order valence-corrected chi connectivity index (χ3v) is 4.51. The quantitative estimate of drug-likeness (QED) is 0.427. The van der Waals surface area contributed by atoms with Gasteiger partial charge < -0.3 is 21.1 Å². The predicted molar refractivity (Wildman–Crippen MR) is 70.4 cm³/mol. The molecule has 0 bridgehead atoms. The summed E-state index contributed by atoms with van der Waals surface area (Å²) in [6.45, 7) is 0. The Kier molecular flexibility index (Phi) is 6.12. The zero-order chi connectivity index (χ0) is 13.6. The van der Waals surface area contributed by atoms with Crippen molar-refractivity contribution < 1.29 is 15.3 Å². The van der Waals surface area contributed by atoms with Crippen LogP contribution in [0, 0.1) is 11.3 Å². The molecule has 102 valence electrons. The first-order valence-corrected chi connectivity index (χ1v) is 7.05. The van der Waals surface area contributed by atoms with Crippen LogP contribution >= 0.6 is 11.8 Å². The van der Waals surface area contributed by atoms with Gasteiger partial charge in [-0.25, -0.2) is 0 Å². The van der Waals surface area contributed by atoms with E-state index in [9.17, 15) is 5.11 Å². The van der Waals surface area contributed by atoms with Gasteiger partial charge in [-0.05, 0) is 12.8 Å². The molecule has 0 aliphatic heterocycles. The summed E-state index contributed by atoms with van der Waals surface area (Å²) in [7, 11) is 0. The number of nitrogens with zero attached hydrogens (tertiary/aromatic N) is 1. The first-order valence-electron chi connectivity index (χ1n) is 6.07. The van der Waals surface area contributed by atoms with Crippen molar-refractivity contribution in [1.82, 2.24) is 0 Å². The highest BCUT2D eigenvalue weighted by atomic mass is 32.2. The molecular formula is C12H20N2O3S. The standard InChI is InChI=1S/C12H20N2O3S/c13-7-4-10(18-8-9(14)11(15)16)12(17)5-2-1-3-6-12/h4,9,11,15-17H,1-3,5-6,8,14H2/b10-4-/t9-/m0/s1. The fourth-order valence-corrected chi connectivity index (χ4v) is 3.18. The van der Waals surface area contributed by atoms with Gasteiger partial charge in [-0.15, -0.1) is 11.8 Å². The van der Waals surface area contributed by atoms with Crippen molar-refractivity contribution in [1.29, 1.82) is 5.26 Å². The Morgan fingerprint density at radius 1 is 1.39 bits per heavy atom. The molecule has 0 heterocycles. The molecule has 1 aliphatic rings. The number of aliphatic hydroxyl groups excluding tert-OH is 1. The average Bonchev–Trinajstić information content (AvgIpc) is 2.34. The average molecular weight is 272 g/mol. The second-order valence-electron chi connectivity index (χ2n) is 4.62. The van der Waals surface area contributed by atoms with Gasteiger partial charge in [0.2, 0.25) is 0 Å². The van der Waals surface area contributed by atoms with Gasteiger partial charge in [-0.3, -0.25) is 0 Å². The van der Waals surface area contributed by atoms with E-state index in [2.05, 4.69) is 0 Å². The third-order valence-electron chi connectivity index (χ3n) is 3.15. The zero-order valence-electron chi connectivity index (χ0n) is 10.2. The summed E-state index contributed by atoms with van der Waals surface area (Å²) < 4.78 is 0. The van der Waals surface area contributed by atoms with E-state index in [1.807, 2.05) is 6.07 Å². The molecule has 5 N–H and O–H groups in total. The molecule has 0 aromatic rings. The molecule has 0 unspecified atom stereocenters. The van der Waals surface area contributed by atoms with Crippen molar-refractivity contribution in [3.63, 3.8) is 0 Å². The number of aliphatic hydroxyl groups is 3. The topological polar surface area (TPSA) is 111 Å². The van der Waals surface area contributed by atoms with Crippen LogP contribution in [0.15, 0.2) is 11.0 Å². The number of rotatable bonds is 5. The molecule has 0 spiro atoms. The summed E-state index contributed by atoms with van der Waals surface area (Å²) >= 11 is 1.23. The van der Waals surface area contributed by atoms with E-state index in [0.717, 1.165) is 19.3 Å². The van der Waals surface area contributed by atoms with Crippen molar-refractivity contribution in [3.05, 3.63) is 11.0 Å². The van der Waals surface area contributed by atoms with Gasteiger partial charge in [0.1, 0.15) is 0 Å². The molecule has 0 radical (unpaired) electrons. The lowest BCUT2D eigenvalue weighted by Gasteiger charge is -2.34. The predicted octanol–water partition coefficient (Wildman–Crippen LogP) is 0.460. The Bertz CT molecular complexity index is 333. The second-order valence-corrected chi connectivity index (χ2v) is 5.68. The summed E-state index contributed by atoms with van der Waals surface area (Å²) in [6.07, 6.45) is 4.02. The summed E-state index contributed by atoms with van der Waals surface area (Å²) in [5, 5.41) is 37.1. The van der Waals surface area contributed by atoms with Crippen LogP contribution in [0.2, 0.25) is 0 Å². The van der Waals surface area contributed by atoms with Crippen molar-refractivity contribution in [2.75, 3.05) is 5.75 Å². The number of nitriles is 1. The highest BCUT2D eigenvalue weighted by Gasteiger charge is 2.34. The molecule has 1 fully saturated rings. The van der Waals surface area contributed by atoms with E-state index in [0.29, 0.717) is 17.7 Å². The maximum atomic E-state index is 10.5. The Balaban J connectivity index is 2.66. The highest BCUT2D eigenvalue weighted by molar-refractivity contribution is 8.03. The molecule has 1 rings (SSSR count). The first kappa shape index (κ1) is 15.5. The first-order chi connectivity index (χ1) is 8.49. The normalized spacial score (nSPS) is 21.7. The molecule has 18 heavy (non-hydrogen) atoms. The highest BCUT2D eigenvalue weighted by Crippen LogP contribution is 2.39. The van der Waals surface area contributed by atoms with E-state index in [4.69, 9.17) is 21.2 Å². The molecule has 1 aliphatic carbocycles. The molecule has 0 amide bonds. The molecule has 1 saturated carbocycles. The Hall–Kier alpha value is -0.580. The van der Waals surface area contributed by atoms with E-state index in [1.165, 1.54) is 17.8 Å². The Morgan fingerprint density at radius 2 is 2.00 bits per heavy atom. The minimum Gasteiger partial charge on any atom is -0.385 e. The van der Waals surface area contributed by atoms with Crippen LogP contribution in [0.3, 0.4) is 0 Å². The Labute approximate surface area is 111 Å². The summed E-state index contributed by atoms with van der Waals surface area (Å²) in [5.41, 5.74) is 4.58. The monoisotopic (exact) mass is 272 g/mol. The van der Waals surface area contributed by atoms with Gasteiger partial charge in [0.15, 0.2) is 6.29 Å². The maximum absolute atomic E-state index is 10.5. The van der Waals surface area contributed by atoms with Crippen LogP contribution < -0.4 is 5.73 Å². The molecule has 5 nitrogen and oxygen atoms in total. The molecule has 6 heteroatoms. The van der Waals surface area contributed by atoms with E-state index >= 15 is 0 Å². The van der Waals surface area contributed by atoms with Gasteiger partial charge in [0.25, 0.3) is 0 Å². The third kappa shape index (κ3) is 4.26. The minimum absolute atomic E-state index is 0.257. The van der Waals surface area contributed by atoms with Crippen LogP contribution in [0.25, 0.3) is 0 Å². The van der Waals surface area contributed by atoms with E-state index in [-0.39, 0.29) is 5.75 Å². The summed E-state index contributed by atoms with van der Waals surface area (Å²) in [5.74, 6) is 0.257. The van der Waals surface area contributed by atoms with Crippen LogP contribution in [-0.4, -0.2) is 39.0 Å². The number of nitrogens with two attached hydrogens (primary N) is 1. The number of thioether (sulfide) groups is 1. The lowest BCUT2D eigenvalue weighted by atomic mass is 9.84. The lowest BCUT2D eigenvalue weighted by Crippen LogP contribution is -2.38. The van der Waals surface area contributed by atoms with Gasteiger partial charge in [0, 0.05) is 16.7 Å². The smallest absolute Gasteiger partial charge is 0.167 e. The van der Waals surface area contributed by atoms with Crippen molar-refractivity contribution in [3.8, 4) is 6.07 Å². The van der Waals surface area contributed by atoms with Gasteiger partial charge in [-0.2, -0.15) is 5.26 Å². The zero-order valence-corrected chi connectivity index (χ0v) is 11.1. The fraction of sp³-hybridized carbons (Fsp3) is 0.750. The Morgan fingerprint density at radius 3 is 2.50 bits per heavy atom. The number of hydrogen-bond donors (Lipinski definition) is 4. The SMILES string of the molecule is N#C/C=C(\SC[C@H](N)C(O)O)C1(O)CCCCC1. The molecule has 0 aromatic heterocycles. The van der Waals surface area contributed by atoms with Crippen molar-refractivity contribution in [2.45, 2.75) is 50.0 Å². The van der Waals surface area contributed by atoms with E-state index in [1.54, 1.807) is 0 Å². The van der Waals surface area contributed by atoms with Crippen molar-refractivity contribution >= 4 is 11.8 Å². The molecular weight excluding hydrogens is 252 g/mol. The van der Waals surface area contributed by atoms with Crippen LogP contribution in [0.5, 0.6) is 0 Å². The van der Waals surface area contributed by atoms with Crippen molar-refractivity contribution in [2.24, 2.45) is 5.73 Å². The van der Waals surface area contributed by atoms with Crippen LogP contribution in [0.1, 0.15) is 32.1 Å². The molecule has 0 saturated heterocycles. The number of allylic oxidation sites excluding steroid dienone is 1. The fourth-order valence-electron chi connectivity index (χ4n) is 2.02.